The Bertz CT molecular complexity index is 1580. The van der Waals surface area contributed by atoms with Gasteiger partial charge < -0.3 is 25.4 Å². The molecule has 0 unspecified atom stereocenters. The number of rotatable bonds is 11. The molecule has 4 rings (SSSR count). The van der Waals surface area contributed by atoms with Gasteiger partial charge in [-0.3, -0.25) is 14.4 Å². The molecule has 3 N–H and O–H groups in total. The maximum absolute atomic E-state index is 13.4. The van der Waals surface area contributed by atoms with E-state index < -0.39 is 11.8 Å². The summed E-state index contributed by atoms with van der Waals surface area (Å²) in [6, 6.07) is 28.5. The molecule has 0 radical (unpaired) electrons. The first kappa shape index (κ1) is 30.7. The fourth-order valence-electron chi connectivity index (χ4n) is 3.84. The standard InChI is InChI=1S/C32H28IN3O5S/c1-40-28-10-6-9-22(30(28)41-2)19-27(36-31(38)21-7-4-3-5-8-21)32(39)35-25-15-17-26(18-16-25)42-20-29(37)34-24-13-11-23(33)12-14-24/h3-19H,20H2,1-2H3,(H,34,37)(H,35,39)(H,36,38)/b27-19-. The molecule has 0 bridgehead atoms. The van der Waals surface area contributed by atoms with Crippen molar-refractivity contribution in [2.24, 2.45) is 0 Å². The second kappa shape index (κ2) is 15.1. The molecule has 0 aliphatic rings. The lowest BCUT2D eigenvalue weighted by atomic mass is 10.1. The third-order valence-electron chi connectivity index (χ3n) is 5.87. The van der Waals surface area contributed by atoms with E-state index in [1.807, 2.05) is 36.4 Å². The van der Waals surface area contributed by atoms with E-state index >= 15 is 0 Å². The van der Waals surface area contributed by atoms with Crippen LogP contribution in [0.15, 0.2) is 108 Å². The van der Waals surface area contributed by atoms with Crippen LogP contribution in [0.25, 0.3) is 6.08 Å². The lowest BCUT2D eigenvalue weighted by Crippen LogP contribution is -2.30. The zero-order valence-corrected chi connectivity index (χ0v) is 25.8. The summed E-state index contributed by atoms with van der Waals surface area (Å²) in [5.41, 5.74) is 2.23. The number of hydrogen-bond acceptors (Lipinski definition) is 6. The van der Waals surface area contributed by atoms with Gasteiger partial charge in [-0.1, -0.05) is 30.3 Å². The van der Waals surface area contributed by atoms with Gasteiger partial charge >= 0.3 is 0 Å². The van der Waals surface area contributed by atoms with Crippen molar-refractivity contribution in [3.63, 3.8) is 0 Å². The highest BCUT2D eigenvalue weighted by Gasteiger charge is 2.17. The van der Waals surface area contributed by atoms with E-state index in [-0.39, 0.29) is 17.4 Å². The summed E-state index contributed by atoms with van der Waals surface area (Å²) in [6.45, 7) is 0. The number of anilines is 2. The predicted molar refractivity (Wildman–Crippen MR) is 175 cm³/mol. The van der Waals surface area contributed by atoms with Crippen LogP contribution >= 0.6 is 34.4 Å². The van der Waals surface area contributed by atoms with Crippen LogP contribution in [0.2, 0.25) is 0 Å². The number of para-hydroxylation sites is 1. The molecule has 8 nitrogen and oxygen atoms in total. The van der Waals surface area contributed by atoms with E-state index in [2.05, 4.69) is 38.5 Å². The monoisotopic (exact) mass is 693 g/mol. The largest absolute Gasteiger partial charge is 0.493 e. The van der Waals surface area contributed by atoms with Crippen molar-refractivity contribution in [1.82, 2.24) is 5.32 Å². The van der Waals surface area contributed by atoms with Crippen molar-refractivity contribution >= 4 is 69.5 Å². The Morgan fingerprint density at radius 2 is 1.45 bits per heavy atom. The summed E-state index contributed by atoms with van der Waals surface area (Å²) in [7, 11) is 3.03. The molecule has 4 aromatic carbocycles. The van der Waals surface area contributed by atoms with Gasteiger partial charge in [-0.05, 0) is 95.4 Å². The predicted octanol–water partition coefficient (Wildman–Crippen LogP) is 6.45. The lowest BCUT2D eigenvalue weighted by Gasteiger charge is -2.14. The second-order valence-electron chi connectivity index (χ2n) is 8.78. The van der Waals surface area contributed by atoms with Crippen molar-refractivity contribution in [2.75, 3.05) is 30.6 Å². The first-order chi connectivity index (χ1) is 20.4. The van der Waals surface area contributed by atoms with Crippen molar-refractivity contribution in [3.05, 3.63) is 117 Å². The summed E-state index contributed by atoms with van der Waals surface area (Å²) >= 11 is 3.59. The summed E-state index contributed by atoms with van der Waals surface area (Å²) in [5.74, 6) is 0.0665. The van der Waals surface area contributed by atoms with Crippen LogP contribution in [-0.4, -0.2) is 37.7 Å². The number of thioether (sulfide) groups is 1. The van der Waals surface area contributed by atoms with E-state index in [1.54, 1.807) is 60.7 Å². The smallest absolute Gasteiger partial charge is 0.272 e. The molecule has 3 amide bonds. The molecule has 0 aliphatic heterocycles. The Balaban J connectivity index is 1.46. The van der Waals surface area contributed by atoms with E-state index in [1.165, 1.54) is 32.1 Å². The van der Waals surface area contributed by atoms with Gasteiger partial charge in [-0.2, -0.15) is 0 Å². The maximum Gasteiger partial charge on any atom is 0.272 e. The molecule has 214 valence electrons. The first-order valence-corrected chi connectivity index (χ1v) is 14.8. The SMILES string of the molecule is COc1cccc(/C=C(\NC(=O)c2ccccc2)C(=O)Nc2ccc(SCC(=O)Nc3ccc(I)cc3)cc2)c1OC. The molecule has 0 heterocycles. The molecule has 0 spiro atoms. The number of ether oxygens (including phenoxy) is 2. The summed E-state index contributed by atoms with van der Waals surface area (Å²) in [6.07, 6.45) is 1.54. The molecule has 4 aromatic rings. The number of nitrogens with one attached hydrogen (secondary N) is 3. The molecule has 0 atom stereocenters. The topological polar surface area (TPSA) is 106 Å². The highest BCUT2D eigenvalue weighted by molar-refractivity contribution is 14.1. The third kappa shape index (κ3) is 8.60. The molecule has 42 heavy (non-hydrogen) atoms. The van der Waals surface area contributed by atoms with Gasteiger partial charge in [-0.15, -0.1) is 11.8 Å². The van der Waals surface area contributed by atoms with E-state index in [4.69, 9.17) is 9.47 Å². The molecule has 0 saturated heterocycles. The summed E-state index contributed by atoms with van der Waals surface area (Å²) in [4.78, 5) is 39.6. The van der Waals surface area contributed by atoms with E-state index in [0.717, 1.165) is 14.2 Å². The highest BCUT2D eigenvalue weighted by Crippen LogP contribution is 2.32. The number of carbonyl (C=O) groups is 3. The number of methoxy groups -OCH3 is 2. The minimum Gasteiger partial charge on any atom is -0.493 e. The van der Waals surface area contributed by atoms with Crippen molar-refractivity contribution in [3.8, 4) is 11.5 Å². The van der Waals surface area contributed by atoms with Gasteiger partial charge in [0.25, 0.3) is 11.8 Å². The minimum absolute atomic E-state index is 0.0149. The Morgan fingerprint density at radius 3 is 2.12 bits per heavy atom. The maximum atomic E-state index is 13.4. The second-order valence-corrected chi connectivity index (χ2v) is 11.1. The van der Waals surface area contributed by atoms with Crippen LogP contribution in [0.4, 0.5) is 11.4 Å². The lowest BCUT2D eigenvalue weighted by molar-refractivity contribution is -0.114. The number of carbonyl (C=O) groups excluding carboxylic acids is 3. The minimum atomic E-state index is -0.526. The van der Waals surface area contributed by atoms with Crippen LogP contribution in [0.5, 0.6) is 11.5 Å². The molecular formula is C32H28IN3O5S. The van der Waals surface area contributed by atoms with Crippen LogP contribution in [0.1, 0.15) is 15.9 Å². The Kier molecular flexibility index (Phi) is 11.0. The Hall–Kier alpha value is -4.29. The van der Waals surface area contributed by atoms with Gasteiger partial charge in [0, 0.05) is 31.0 Å². The van der Waals surface area contributed by atoms with Gasteiger partial charge in [0.15, 0.2) is 11.5 Å². The molecule has 10 heteroatoms. The molecule has 0 aromatic heterocycles. The van der Waals surface area contributed by atoms with Crippen LogP contribution in [0.3, 0.4) is 0 Å². The molecular weight excluding hydrogens is 665 g/mol. The first-order valence-electron chi connectivity index (χ1n) is 12.7. The quantitative estimate of drug-likeness (QED) is 0.0949. The van der Waals surface area contributed by atoms with E-state index in [0.29, 0.717) is 28.3 Å². The zero-order valence-electron chi connectivity index (χ0n) is 22.8. The number of benzene rings is 4. The number of amides is 3. The van der Waals surface area contributed by atoms with Gasteiger partial charge in [0.05, 0.1) is 20.0 Å². The van der Waals surface area contributed by atoms with Crippen LogP contribution in [0, 0.1) is 3.57 Å². The van der Waals surface area contributed by atoms with Crippen molar-refractivity contribution in [2.45, 2.75) is 4.90 Å². The van der Waals surface area contributed by atoms with Crippen LogP contribution in [-0.2, 0) is 9.59 Å². The molecule has 0 aliphatic carbocycles. The van der Waals surface area contributed by atoms with E-state index in [9.17, 15) is 14.4 Å². The van der Waals surface area contributed by atoms with Crippen molar-refractivity contribution in [1.29, 1.82) is 0 Å². The van der Waals surface area contributed by atoms with Gasteiger partial charge in [0.2, 0.25) is 5.91 Å². The van der Waals surface area contributed by atoms with Crippen LogP contribution < -0.4 is 25.4 Å². The average molecular weight is 694 g/mol. The summed E-state index contributed by atoms with van der Waals surface area (Å²) in [5, 5.41) is 8.43. The van der Waals surface area contributed by atoms with Gasteiger partial charge in [-0.25, -0.2) is 0 Å². The van der Waals surface area contributed by atoms with Gasteiger partial charge in [0.1, 0.15) is 5.70 Å². The summed E-state index contributed by atoms with van der Waals surface area (Å²) < 4.78 is 12.0. The number of halogens is 1. The zero-order chi connectivity index (χ0) is 29.9. The third-order valence-corrected chi connectivity index (χ3v) is 7.60. The fraction of sp³-hybridized carbons (Fsp3) is 0.0938. The fourth-order valence-corrected chi connectivity index (χ4v) is 4.89. The average Bonchev–Trinajstić information content (AvgIpc) is 3.01. The Morgan fingerprint density at radius 1 is 0.786 bits per heavy atom. The molecule has 0 fully saturated rings. The highest BCUT2D eigenvalue weighted by atomic mass is 127. The molecule has 0 saturated carbocycles. The normalized spacial score (nSPS) is 10.9. The van der Waals surface area contributed by atoms with Crippen molar-refractivity contribution < 1.29 is 23.9 Å². The number of hydrogen-bond donors (Lipinski definition) is 3. The Labute approximate surface area is 262 Å².